The summed E-state index contributed by atoms with van der Waals surface area (Å²) in [6.07, 6.45) is -2.69. The summed E-state index contributed by atoms with van der Waals surface area (Å²) in [6, 6.07) is 0. The van der Waals surface area contributed by atoms with Gasteiger partial charge in [-0.15, -0.1) is 0 Å². The van der Waals surface area contributed by atoms with Crippen molar-refractivity contribution in [3.8, 4) is 0 Å². The molecule has 0 fully saturated rings. The summed E-state index contributed by atoms with van der Waals surface area (Å²) in [7, 11) is -10.6. The van der Waals surface area contributed by atoms with Gasteiger partial charge in [-0.05, 0) is 13.0 Å². The molecule has 0 spiro atoms. The molecule has 0 amide bonds. The van der Waals surface area contributed by atoms with Gasteiger partial charge in [0.2, 0.25) is 0 Å². The van der Waals surface area contributed by atoms with Gasteiger partial charge < -0.3 is 40.6 Å². The molecule has 0 aliphatic rings. The van der Waals surface area contributed by atoms with Crippen LogP contribution in [0.2, 0.25) is 0 Å². The van der Waals surface area contributed by atoms with E-state index in [-0.39, 0.29) is 93.9 Å². The van der Waals surface area contributed by atoms with Gasteiger partial charge in [0.1, 0.15) is 0 Å². The summed E-state index contributed by atoms with van der Waals surface area (Å²) in [5, 5.41) is 19.9. The van der Waals surface area contributed by atoms with E-state index >= 15 is 0 Å². The van der Waals surface area contributed by atoms with Gasteiger partial charge in [-0.2, -0.15) is 0 Å². The zero-order valence-corrected chi connectivity index (χ0v) is 17.9. The number of rotatable bonds is 5. The Bertz CT molecular complexity index is 343. The molecular weight excluding hydrogens is 358 g/mol. The van der Waals surface area contributed by atoms with Gasteiger partial charge in [-0.1, -0.05) is 0 Å². The number of carboxylic acid groups (broad SMARTS) is 2. The Morgan fingerprint density at radius 2 is 1.30 bits per heavy atom. The van der Waals surface area contributed by atoms with Crippen LogP contribution in [0.3, 0.4) is 0 Å². The molecule has 0 bridgehead atoms. The van der Waals surface area contributed by atoms with Crippen LogP contribution in [0.5, 0.6) is 0 Å². The first-order valence-corrected chi connectivity index (χ1v) is 7.47. The summed E-state index contributed by atoms with van der Waals surface area (Å²) >= 11 is 0. The van der Waals surface area contributed by atoms with Gasteiger partial charge in [0, 0.05) is 87.4 Å². The zero-order chi connectivity index (χ0) is 15.2. The van der Waals surface area contributed by atoms with E-state index in [1.54, 1.807) is 0 Å². The van der Waals surface area contributed by atoms with Gasteiger partial charge in [0.25, 0.3) is 5.08 Å². The Balaban J connectivity index is -0.000000188. The van der Waals surface area contributed by atoms with Crippen molar-refractivity contribution in [2.75, 3.05) is 6.54 Å². The molecule has 15 heteroatoms. The molecule has 20 heavy (non-hydrogen) atoms. The summed E-state index contributed by atoms with van der Waals surface area (Å²) in [5.74, 6) is 0. The molecule has 0 unspecified atom stereocenters. The number of aliphatic hydroxyl groups is 1. The van der Waals surface area contributed by atoms with E-state index in [2.05, 4.69) is 0 Å². The minimum Gasteiger partial charge on any atom is -0.450 e. The molecule has 0 aliphatic carbocycles. The van der Waals surface area contributed by atoms with Crippen molar-refractivity contribution in [2.45, 2.75) is 17.9 Å². The van der Waals surface area contributed by atoms with E-state index in [9.17, 15) is 14.2 Å². The van der Waals surface area contributed by atoms with E-state index in [1.807, 2.05) is 0 Å². The third-order valence-corrected chi connectivity index (χ3v) is 5.53. The normalized spacial score (nSPS) is 11.3. The van der Waals surface area contributed by atoms with Crippen LogP contribution in [0.1, 0.15) is 12.8 Å². The number of hydrogen-bond donors (Lipinski definition) is 8. The van der Waals surface area contributed by atoms with Crippen LogP contribution in [-0.4, -0.2) is 134 Å². The van der Waals surface area contributed by atoms with Crippen LogP contribution in [0, 0.1) is 0 Å². The molecule has 0 heterocycles. The van der Waals surface area contributed by atoms with Gasteiger partial charge >= 0.3 is 21.3 Å². The zero-order valence-electron chi connectivity index (χ0n) is 10.9. The summed E-state index contributed by atoms with van der Waals surface area (Å²) in [5.41, 5.74) is 5.01. The molecule has 9 N–H and O–H groups in total. The SMILES string of the molecule is NCCCC(O)(P(=O)(O)O)P(=O)(O)O.O=C(O)O.[K].[Na]. The molecule has 0 aliphatic heterocycles. The van der Waals surface area contributed by atoms with E-state index in [1.165, 1.54) is 0 Å². The topological polar surface area (TPSA) is 219 Å². The van der Waals surface area contributed by atoms with Gasteiger partial charge in [0.05, 0.1) is 0 Å². The molecule has 0 aromatic rings. The van der Waals surface area contributed by atoms with Crippen LogP contribution in [-0.2, 0) is 9.13 Å². The first-order chi connectivity index (χ1) is 7.79. The van der Waals surface area contributed by atoms with E-state index in [4.69, 9.17) is 40.3 Å². The van der Waals surface area contributed by atoms with Crippen molar-refractivity contribution in [1.82, 2.24) is 0 Å². The fraction of sp³-hybridized carbons (Fsp3) is 0.800. The second kappa shape index (κ2) is 12.5. The Hall–Kier alpha value is 2.13. The molecule has 112 valence electrons. The molecule has 2 radical (unpaired) electrons. The predicted molar refractivity (Wildman–Crippen MR) is 69.5 cm³/mol. The fourth-order valence-corrected chi connectivity index (χ4v) is 3.06. The second-order valence-corrected chi connectivity index (χ2v) is 7.05. The quantitative estimate of drug-likeness (QED) is 0.198. The van der Waals surface area contributed by atoms with Crippen molar-refractivity contribution in [3.63, 3.8) is 0 Å². The maximum atomic E-state index is 10.7. The molecule has 0 atom stereocenters. The Labute approximate surface area is 179 Å². The molecule has 0 saturated heterocycles. The predicted octanol–water partition coefficient (Wildman–Crippen LogP) is -1.81. The number of hydrogen-bond acceptors (Lipinski definition) is 5. The average molecular weight is 373 g/mol. The van der Waals surface area contributed by atoms with E-state index in [0.717, 1.165) is 0 Å². The van der Waals surface area contributed by atoms with Gasteiger partial charge in [-0.3, -0.25) is 9.13 Å². The van der Waals surface area contributed by atoms with Crippen LogP contribution in [0.4, 0.5) is 4.79 Å². The third-order valence-electron chi connectivity index (χ3n) is 1.65. The Morgan fingerprint density at radius 3 is 1.45 bits per heavy atom. The average Bonchev–Trinajstić information content (AvgIpc) is 2.09. The largest absolute Gasteiger partial charge is 0.503 e. The van der Waals surface area contributed by atoms with Crippen molar-refractivity contribution in [3.05, 3.63) is 0 Å². The van der Waals surface area contributed by atoms with Crippen molar-refractivity contribution in [2.24, 2.45) is 5.73 Å². The molecule has 11 nitrogen and oxygen atoms in total. The van der Waals surface area contributed by atoms with Crippen molar-refractivity contribution < 1.29 is 48.8 Å². The number of carbonyl (C=O) groups is 1. The maximum Gasteiger partial charge on any atom is 0.503 e. The van der Waals surface area contributed by atoms with Gasteiger partial charge in [-0.25, -0.2) is 4.79 Å². The summed E-state index contributed by atoms with van der Waals surface area (Å²) < 4.78 is 21.4. The van der Waals surface area contributed by atoms with Gasteiger partial charge in [0.15, 0.2) is 0 Å². The first kappa shape index (κ1) is 30.1. The second-order valence-electron chi connectivity index (χ2n) is 3.04. The standard InChI is InChI=1S/C4H13NO7P2.CH2O3.K.Na/c5-3-1-2-4(6,13(7,8)9)14(10,11)12;2-1(3)4;;/h6H,1-3,5H2,(H2,7,8,9)(H2,10,11,12);(H2,2,3,4);;. The molecule has 0 rings (SSSR count). The van der Waals surface area contributed by atoms with E-state index in [0.29, 0.717) is 0 Å². The van der Waals surface area contributed by atoms with Crippen molar-refractivity contribution in [1.29, 1.82) is 0 Å². The van der Waals surface area contributed by atoms with E-state index < -0.39 is 32.9 Å². The maximum absolute atomic E-state index is 10.7. The molecule has 0 aromatic heterocycles. The van der Waals surface area contributed by atoms with Crippen LogP contribution < -0.4 is 5.73 Å². The fourth-order valence-electron chi connectivity index (χ4n) is 0.800. The van der Waals surface area contributed by atoms with Crippen LogP contribution in [0.15, 0.2) is 0 Å². The summed E-state index contributed by atoms with van der Waals surface area (Å²) in [6.45, 7) is -0.0394. The number of nitrogens with two attached hydrogens (primary N) is 1. The van der Waals surface area contributed by atoms with Crippen LogP contribution in [0.25, 0.3) is 0 Å². The monoisotopic (exact) mass is 373 g/mol. The first-order valence-electron chi connectivity index (χ1n) is 4.25. The minimum atomic E-state index is -5.30. The minimum absolute atomic E-state index is 0. The molecule has 0 saturated carbocycles. The molecule has 0 aromatic carbocycles. The molecular formula is C5H15KNNaO10P2. The smallest absolute Gasteiger partial charge is 0.450 e. The Morgan fingerprint density at radius 1 is 1.05 bits per heavy atom. The van der Waals surface area contributed by atoms with Crippen molar-refractivity contribution >= 4 is 102 Å². The third kappa shape index (κ3) is 11.7. The van der Waals surface area contributed by atoms with Crippen LogP contribution >= 0.6 is 15.2 Å². The Kier molecular flexibility index (Phi) is 18.8. The summed E-state index contributed by atoms with van der Waals surface area (Å²) in [4.78, 5) is 43.1.